The van der Waals surface area contributed by atoms with Crippen LogP contribution in [0.2, 0.25) is 5.02 Å². The maximum absolute atomic E-state index is 12.6. The lowest BCUT2D eigenvalue weighted by Gasteiger charge is -2.33. The third-order valence-electron chi connectivity index (χ3n) is 4.58. The first-order valence-corrected chi connectivity index (χ1v) is 8.49. The van der Waals surface area contributed by atoms with Gasteiger partial charge in [-0.15, -0.1) is 12.4 Å². The summed E-state index contributed by atoms with van der Waals surface area (Å²) in [5, 5.41) is 4.09. The lowest BCUT2D eigenvalue weighted by molar-refractivity contribution is -0.139. The number of fused-ring (bicyclic) bond motifs is 1. The average Bonchev–Trinajstić information content (AvgIpc) is 2.95. The predicted octanol–water partition coefficient (Wildman–Crippen LogP) is 2.91. The van der Waals surface area contributed by atoms with Gasteiger partial charge in [-0.05, 0) is 55.6 Å². The van der Waals surface area contributed by atoms with Crippen LogP contribution in [0.5, 0.6) is 5.75 Å². The first-order chi connectivity index (χ1) is 10.7. The number of piperidine rings is 1. The number of ether oxygens (including phenoxy) is 1. The van der Waals surface area contributed by atoms with E-state index in [-0.39, 0.29) is 24.4 Å². The van der Waals surface area contributed by atoms with E-state index < -0.39 is 0 Å². The SMILES string of the molecule is CCNCC1CCN(C(=O)C2Cc3cc(Cl)ccc3O2)CC1.Cl. The number of nitrogens with one attached hydrogen (secondary N) is 1. The number of carbonyl (C=O) groups is 1. The zero-order valence-corrected chi connectivity index (χ0v) is 15.0. The largest absolute Gasteiger partial charge is 0.480 e. The number of nitrogens with zero attached hydrogens (tertiary/aromatic N) is 1. The minimum Gasteiger partial charge on any atom is -0.480 e. The number of carbonyl (C=O) groups excluding carboxylic acids is 1. The van der Waals surface area contributed by atoms with Gasteiger partial charge >= 0.3 is 0 Å². The summed E-state index contributed by atoms with van der Waals surface area (Å²) in [4.78, 5) is 14.6. The highest BCUT2D eigenvalue weighted by Gasteiger charge is 2.34. The van der Waals surface area contributed by atoms with Crippen LogP contribution >= 0.6 is 24.0 Å². The summed E-state index contributed by atoms with van der Waals surface area (Å²) < 4.78 is 5.81. The van der Waals surface area contributed by atoms with Crippen LogP contribution < -0.4 is 10.1 Å². The second-order valence-electron chi connectivity index (χ2n) is 6.14. The van der Waals surface area contributed by atoms with Crippen LogP contribution in [0.4, 0.5) is 0 Å². The lowest BCUT2D eigenvalue weighted by Crippen LogP contribution is -2.46. The summed E-state index contributed by atoms with van der Waals surface area (Å²) in [6.07, 6.45) is 2.40. The average molecular weight is 359 g/mol. The van der Waals surface area contributed by atoms with E-state index in [1.54, 1.807) is 6.07 Å². The monoisotopic (exact) mass is 358 g/mol. The van der Waals surface area contributed by atoms with Gasteiger partial charge in [-0.1, -0.05) is 18.5 Å². The molecule has 1 saturated heterocycles. The van der Waals surface area contributed by atoms with Crippen molar-refractivity contribution in [2.45, 2.75) is 32.3 Å². The molecule has 23 heavy (non-hydrogen) atoms. The standard InChI is InChI=1S/C17H23ClN2O2.ClH/c1-2-19-11-12-5-7-20(8-6-12)17(21)16-10-13-9-14(18)3-4-15(13)22-16;/h3-4,9,12,16,19H,2,5-8,10-11H2,1H3;1H. The molecule has 1 atom stereocenters. The molecule has 1 N–H and O–H groups in total. The van der Waals surface area contributed by atoms with E-state index in [0.717, 1.165) is 50.3 Å². The highest BCUT2D eigenvalue weighted by Crippen LogP contribution is 2.32. The molecule has 0 radical (unpaired) electrons. The van der Waals surface area contributed by atoms with E-state index >= 15 is 0 Å². The van der Waals surface area contributed by atoms with Crippen molar-refractivity contribution in [3.63, 3.8) is 0 Å². The Morgan fingerprint density at radius 1 is 1.39 bits per heavy atom. The number of hydrogen-bond donors (Lipinski definition) is 1. The zero-order valence-electron chi connectivity index (χ0n) is 13.4. The van der Waals surface area contributed by atoms with Gasteiger partial charge in [0.2, 0.25) is 0 Å². The Morgan fingerprint density at radius 3 is 2.83 bits per heavy atom. The Balaban J connectivity index is 0.00000192. The summed E-state index contributed by atoms with van der Waals surface area (Å²) in [7, 11) is 0. The van der Waals surface area contributed by atoms with Gasteiger partial charge in [0.1, 0.15) is 5.75 Å². The summed E-state index contributed by atoms with van der Waals surface area (Å²) in [5.41, 5.74) is 1.04. The Bertz CT molecular complexity index is 545. The minimum atomic E-state index is -0.376. The highest BCUT2D eigenvalue weighted by molar-refractivity contribution is 6.30. The number of likely N-dealkylation sites (tertiary alicyclic amines) is 1. The Morgan fingerprint density at radius 2 is 2.13 bits per heavy atom. The molecule has 0 spiro atoms. The van der Waals surface area contributed by atoms with Crippen molar-refractivity contribution < 1.29 is 9.53 Å². The molecule has 1 fully saturated rings. The summed E-state index contributed by atoms with van der Waals surface area (Å²) in [6.45, 7) is 5.87. The molecule has 1 unspecified atom stereocenters. The Kier molecular flexibility index (Phi) is 6.57. The third kappa shape index (κ3) is 4.31. The molecular formula is C17H24Cl2N2O2. The molecule has 0 aromatic heterocycles. The van der Waals surface area contributed by atoms with Crippen LogP contribution in [0, 0.1) is 5.92 Å². The summed E-state index contributed by atoms with van der Waals surface area (Å²) in [6, 6.07) is 5.56. The van der Waals surface area contributed by atoms with E-state index in [1.165, 1.54) is 0 Å². The Labute approximate surface area is 148 Å². The number of amides is 1. The fraction of sp³-hybridized carbons (Fsp3) is 0.588. The van der Waals surface area contributed by atoms with Gasteiger partial charge < -0.3 is 15.0 Å². The molecule has 4 nitrogen and oxygen atoms in total. The highest BCUT2D eigenvalue weighted by atomic mass is 35.5. The first-order valence-electron chi connectivity index (χ1n) is 8.12. The maximum atomic E-state index is 12.6. The van der Waals surface area contributed by atoms with Crippen LogP contribution in [0.15, 0.2) is 18.2 Å². The van der Waals surface area contributed by atoms with Gasteiger partial charge in [0.15, 0.2) is 6.10 Å². The number of hydrogen-bond acceptors (Lipinski definition) is 3. The molecule has 2 aliphatic rings. The predicted molar refractivity (Wildman–Crippen MR) is 94.7 cm³/mol. The second-order valence-corrected chi connectivity index (χ2v) is 6.58. The summed E-state index contributed by atoms with van der Waals surface area (Å²) in [5.74, 6) is 1.60. The second kappa shape index (κ2) is 8.22. The van der Waals surface area contributed by atoms with Gasteiger partial charge in [-0.25, -0.2) is 0 Å². The molecule has 1 aromatic carbocycles. The molecule has 0 aliphatic carbocycles. The van der Waals surface area contributed by atoms with Crippen LogP contribution in [-0.2, 0) is 11.2 Å². The van der Waals surface area contributed by atoms with Crippen molar-refractivity contribution >= 4 is 29.9 Å². The number of halogens is 2. The van der Waals surface area contributed by atoms with E-state index in [9.17, 15) is 4.79 Å². The molecular weight excluding hydrogens is 335 g/mol. The fourth-order valence-electron chi connectivity index (χ4n) is 3.26. The number of rotatable bonds is 4. The molecule has 1 amide bonds. The minimum absolute atomic E-state index is 0. The van der Waals surface area contributed by atoms with Gasteiger partial charge in [0.25, 0.3) is 5.91 Å². The molecule has 3 rings (SSSR count). The molecule has 0 bridgehead atoms. The summed E-state index contributed by atoms with van der Waals surface area (Å²) >= 11 is 6.00. The van der Waals surface area contributed by atoms with Crippen LogP contribution in [0.25, 0.3) is 0 Å². The molecule has 2 heterocycles. The van der Waals surface area contributed by atoms with Crippen molar-refractivity contribution in [1.29, 1.82) is 0 Å². The van der Waals surface area contributed by atoms with E-state index in [4.69, 9.17) is 16.3 Å². The quantitative estimate of drug-likeness (QED) is 0.899. The molecule has 6 heteroatoms. The van der Waals surface area contributed by atoms with Gasteiger partial charge in [0.05, 0.1) is 0 Å². The van der Waals surface area contributed by atoms with Crippen molar-refractivity contribution in [3.05, 3.63) is 28.8 Å². The van der Waals surface area contributed by atoms with Gasteiger partial charge in [-0.3, -0.25) is 4.79 Å². The van der Waals surface area contributed by atoms with Crippen molar-refractivity contribution in [2.24, 2.45) is 5.92 Å². The maximum Gasteiger partial charge on any atom is 0.263 e. The molecule has 0 saturated carbocycles. The number of benzene rings is 1. The van der Waals surface area contributed by atoms with E-state index in [2.05, 4.69) is 12.2 Å². The fourth-order valence-corrected chi connectivity index (χ4v) is 3.46. The molecule has 128 valence electrons. The first kappa shape index (κ1) is 18.4. The van der Waals surface area contributed by atoms with Crippen LogP contribution in [0.1, 0.15) is 25.3 Å². The van der Waals surface area contributed by atoms with E-state index in [1.807, 2.05) is 17.0 Å². The van der Waals surface area contributed by atoms with Gasteiger partial charge in [-0.2, -0.15) is 0 Å². The van der Waals surface area contributed by atoms with Crippen molar-refractivity contribution in [2.75, 3.05) is 26.2 Å². The van der Waals surface area contributed by atoms with Crippen molar-refractivity contribution in [1.82, 2.24) is 10.2 Å². The molecule has 1 aromatic rings. The zero-order chi connectivity index (χ0) is 15.5. The van der Waals surface area contributed by atoms with Crippen LogP contribution in [0.3, 0.4) is 0 Å². The molecule has 2 aliphatic heterocycles. The Hall–Kier alpha value is -0.970. The van der Waals surface area contributed by atoms with E-state index in [0.29, 0.717) is 17.4 Å². The van der Waals surface area contributed by atoms with Crippen molar-refractivity contribution in [3.8, 4) is 5.75 Å². The third-order valence-corrected chi connectivity index (χ3v) is 4.82. The lowest BCUT2D eigenvalue weighted by atomic mass is 9.96. The van der Waals surface area contributed by atoms with Gasteiger partial charge in [0, 0.05) is 24.5 Å². The smallest absolute Gasteiger partial charge is 0.263 e. The van der Waals surface area contributed by atoms with Crippen LogP contribution in [-0.4, -0.2) is 43.1 Å². The topological polar surface area (TPSA) is 41.6 Å². The normalized spacial score (nSPS) is 20.6.